The van der Waals surface area contributed by atoms with E-state index in [0.29, 0.717) is 0 Å². The van der Waals surface area contributed by atoms with Gasteiger partial charge in [-0.05, 0) is 40.8 Å². The monoisotopic (exact) mass is 398 g/mol. The second kappa shape index (κ2) is 8.41. The number of hydrogen-bond donors (Lipinski definition) is 0. The molecule has 6 nitrogen and oxygen atoms in total. The van der Waals surface area contributed by atoms with Crippen LogP contribution in [0.15, 0.2) is 10.2 Å². The van der Waals surface area contributed by atoms with Gasteiger partial charge in [-0.2, -0.15) is 0 Å². The van der Waals surface area contributed by atoms with Crippen LogP contribution >= 0.6 is 0 Å². The maximum Gasteiger partial charge on any atom is 0.452 e. The smallest absolute Gasteiger partial charge is 0.452 e. The molecule has 1 rings (SSSR count). The van der Waals surface area contributed by atoms with E-state index in [1.807, 2.05) is 0 Å². The van der Waals surface area contributed by atoms with E-state index in [4.69, 9.17) is 9.16 Å². The van der Waals surface area contributed by atoms with Gasteiger partial charge in [-0.15, -0.1) is 0 Å². The molecule has 0 spiro atoms. The van der Waals surface area contributed by atoms with Crippen molar-refractivity contribution in [3.63, 3.8) is 0 Å². The molecule has 1 fully saturated rings. The van der Waals surface area contributed by atoms with E-state index in [1.54, 1.807) is 0 Å². The first-order valence-corrected chi connectivity index (χ1v) is 11.9. The van der Waals surface area contributed by atoms with Crippen LogP contribution in [0.3, 0.4) is 0 Å². The summed E-state index contributed by atoms with van der Waals surface area (Å²) in [5.41, 5.74) is 0. The predicted octanol–water partition coefficient (Wildman–Crippen LogP) is 7.39. The number of rotatable bonds is 2. The van der Waals surface area contributed by atoms with Gasteiger partial charge >= 0.3 is 12.2 Å². The van der Waals surface area contributed by atoms with Crippen molar-refractivity contribution in [2.45, 2.75) is 116 Å². The van der Waals surface area contributed by atoms with Gasteiger partial charge in [0.05, 0.1) is 0 Å². The lowest BCUT2D eigenvalue weighted by atomic mass is 9.98. The highest BCUT2D eigenvalue weighted by Gasteiger charge is 2.64. The Morgan fingerprint density at radius 1 is 0.741 bits per heavy atom. The van der Waals surface area contributed by atoms with Crippen LogP contribution < -0.4 is 0 Å². The van der Waals surface area contributed by atoms with E-state index in [2.05, 4.69) is 72.5 Å². The van der Waals surface area contributed by atoms with Crippen molar-refractivity contribution in [3.05, 3.63) is 0 Å². The quantitative estimate of drug-likeness (QED) is 0.359. The highest BCUT2D eigenvalue weighted by Crippen LogP contribution is 2.62. The lowest BCUT2D eigenvalue weighted by Gasteiger charge is -2.56. The molecule has 156 valence electrons. The van der Waals surface area contributed by atoms with Crippen LogP contribution in [0.2, 0.25) is 15.1 Å². The Bertz CT molecular complexity index is 526. The molecule has 0 heterocycles. The summed E-state index contributed by atoms with van der Waals surface area (Å²) in [7, 11) is -2.73. The van der Waals surface area contributed by atoms with Crippen molar-refractivity contribution in [2.75, 3.05) is 0 Å². The largest absolute Gasteiger partial charge is 0.499 e. The zero-order valence-corrected chi connectivity index (χ0v) is 19.6. The first-order chi connectivity index (χ1) is 12.1. The first-order valence-electron chi connectivity index (χ1n) is 9.97. The van der Waals surface area contributed by atoms with E-state index >= 15 is 0 Å². The Morgan fingerprint density at radius 2 is 1.15 bits per heavy atom. The van der Waals surface area contributed by atoms with Crippen LogP contribution in [0.4, 0.5) is 9.59 Å². The number of carbonyl (C=O) groups is 2. The van der Waals surface area contributed by atoms with Crippen molar-refractivity contribution in [1.29, 1.82) is 0 Å². The van der Waals surface area contributed by atoms with Gasteiger partial charge < -0.3 is 9.16 Å². The lowest BCUT2D eigenvalue weighted by molar-refractivity contribution is 0.0816. The average Bonchev–Trinajstić information content (AvgIpc) is 2.48. The molecule has 2 amide bonds. The summed E-state index contributed by atoms with van der Waals surface area (Å²) in [5.74, 6) is 0. The molecule has 0 aromatic heterocycles. The molecule has 27 heavy (non-hydrogen) atoms. The maximum absolute atomic E-state index is 12.5. The van der Waals surface area contributed by atoms with E-state index < -0.39 is 20.5 Å². The molecule has 0 N–H and O–H groups in total. The van der Waals surface area contributed by atoms with E-state index in [1.165, 1.54) is 6.42 Å². The molecular formula is C20H38N2O4Si. The van der Waals surface area contributed by atoms with Crippen molar-refractivity contribution in [3.8, 4) is 0 Å². The van der Waals surface area contributed by atoms with Crippen LogP contribution in [0.25, 0.3) is 0 Å². The molecule has 0 bridgehead atoms. The number of nitrogens with zero attached hydrogens (tertiary/aromatic N) is 2. The SMILES string of the molecule is CC(C)(C)[Si](OC(=O)/N=N/C(=O)OC1CCCCC1)(C(C)(C)C)C(C)(C)C. The molecule has 0 radical (unpaired) electrons. The second-order valence-corrected chi connectivity index (χ2v) is 16.7. The van der Waals surface area contributed by atoms with Gasteiger partial charge in [0.15, 0.2) is 0 Å². The van der Waals surface area contributed by atoms with Gasteiger partial charge in [0.25, 0.3) is 8.32 Å². The fourth-order valence-electron chi connectivity index (χ4n) is 5.42. The third-order valence-electron chi connectivity index (χ3n) is 5.44. The Hall–Kier alpha value is -1.24. The number of ether oxygens (including phenoxy) is 1. The average molecular weight is 399 g/mol. The molecule has 0 aromatic rings. The van der Waals surface area contributed by atoms with Crippen LogP contribution in [-0.4, -0.2) is 26.6 Å². The van der Waals surface area contributed by atoms with Crippen molar-refractivity contribution in [1.82, 2.24) is 0 Å². The Kier molecular flexibility index (Phi) is 7.41. The molecule has 0 aromatic carbocycles. The zero-order valence-electron chi connectivity index (χ0n) is 18.6. The Morgan fingerprint density at radius 3 is 1.56 bits per heavy atom. The first kappa shape index (κ1) is 23.8. The predicted molar refractivity (Wildman–Crippen MR) is 110 cm³/mol. The summed E-state index contributed by atoms with van der Waals surface area (Å²) in [6.45, 7) is 19.0. The van der Waals surface area contributed by atoms with Crippen molar-refractivity contribution < 1.29 is 18.8 Å². The summed E-state index contributed by atoms with van der Waals surface area (Å²) in [5, 5.41) is 6.32. The number of azo groups is 1. The van der Waals surface area contributed by atoms with Gasteiger partial charge in [0, 0.05) is 0 Å². The molecular weight excluding hydrogens is 360 g/mol. The highest BCUT2D eigenvalue weighted by molar-refractivity contribution is 6.83. The zero-order chi connectivity index (χ0) is 21.1. The summed E-state index contributed by atoms with van der Waals surface area (Å²) in [6, 6.07) is 0. The van der Waals surface area contributed by atoms with Gasteiger partial charge in [0.2, 0.25) is 0 Å². The summed E-state index contributed by atoms with van der Waals surface area (Å²) >= 11 is 0. The molecule has 7 heteroatoms. The topological polar surface area (TPSA) is 77.3 Å². The molecule has 0 atom stereocenters. The Balaban J connectivity index is 2.95. The van der Waals surface area contributed by atoms with Crippen molar-refractivity contribution in [2.24, 2.45) is 10.2 Å². The van der Waals surface area contributed by atoms with Gasteiger partial charge in [0.1, 0.15) is 6.10 Å². The lowest BCUT2D eigenvalue weighted by Crippen LogP contribution is -2.61. The third kappa shape index (κ3) is 5.62. The molecule has 1 aliphatic carbocycles. The standard InChI is InChI=1S/C20H38N2O4Si/c1-18(2,3)27(19(4,5)6,20(7,8)9)26-17(24)22-21-16(23)25-15-13-11-10-12-14-15/h15H,10-14H2,1-9H3/b22-21+. The molecule has 0 saturated heterocycles. The van der Waals surface area contributed by atoms with Crippen LogP contribution in [0, 0.1) is 0 Å². The minimum atomic E-state index is -2.73. The second-order valence-electron chi connectivity index (χ2n) is 10.6. The van der Waals surface area contributed by atoms with Crippen LogP contribution in [0.1, 0.15) is 94.4 Å². The van der Waals surface area contributed by atoms with Crippen molar-refractivity contribution >= 4 is 20.5 Å². The highest BCUT2D eigenvalue weighted by atomic mass is 28.4. The maximum atomic E-state index is 12.5. The molecule has 1 aliphatic rings. The minimum absolute atomic E-state index is 0.117. The number of hydrogen-bond acceptors (Lipinski definition) is 4. The fraction of sp³-hybridized carbons (Fsp3) is 0.900. The molecule has 0 unspecified atom stereocenters. The number of carbonyl (C=O) groups excluding carboxylic acids is 2. The van der Waals surface area contributed by atoms with Gasteiger partial charge in [-0.25, -0.2) is 9.59 Å². The summed E-state index contributed by atoms with van der Waals surface area (Å²) in [6.07, 6.45) is 3.23. The van der Waals surface area contributed by atoms with Gasteiger partial charge in [-0.1, -0.05) is 79.0 Å². The normalized spacial score (nSPS) is 17.8. The molecule has 1 saturated carbocycles. The summed E-state index contributed by atoms with van der Waals surface area (Å²) < 4.78 is 11.4. The van der Waals surface area contributed by atoms with E-state index in [9.17, 15) is 9.59 Å². The third-order valence-corrected chi connectivity index (χ3v) is 12.3. The van der Waals surface area contributed by atoms with E-state index in [-0.39, 0.29) is 21.2 Å². The summed E-state index contributed by atoms with van der Waals surface area (Å²) in [4.78, 5) is 24.4. The van der Waals surface area contributed by atoms with Crippen LogP contribution in [-0.2, 0) is 9.16 Å². The molecule has 0 aliphatic heterocycles. The fourth-order valence-corrected chi connectivity index (χ4v) is 13.4. The van der Waals surface area contributed by atoms with Gasteiger partial charge in [-0.3, -0.25) is 0 Å². The minimum Gasteiger partial charge on any atom is -0.499 e. The Labute approximate surface area is 165 Å². The van der Waals surface area contributed by atoms with E-state index in [0.717, 1.165) is 25.7 Å². The number of amides is 2. The van der Waals surface area contributed by atoms with Crippen LogP contribution in [0.5, 0.6) is 0 Å².